The molecule has 1 aliphatic rings. The van der Waals surface area contributed by atoms with Crippen LogP contribution in [0.5, 0.6) is 0 Å². The number of cyclic esters (lactones) is 1. The number of aliphatic imine (C=N–C) groups is 1. The highest BCUT2D eigenvalue weighted by atomic mass is 16.6. The maximum atomic E-state index is 11.8. The van der Waals surface area contributed by atoms with Crippen LogP contribution in [-0.2, 0) is 9.53 Å². The highest BCUT2D eigenvalue weighted by Crippen LogP contribution is 2.28. The number of rotatable bonds is 4. The van der Waals surface area contributed by atoms with E-state index >= 15 is 0 Å². The topological polar surface area (TPSA) is 138 Å². The van der Waals surface area contributed by atoms with Gasteiger partial charge in [-0.05, 0) is 24.3 Å². The van der Waals surface area contributed by atoms with Crippen LogP contribution in [0.15, 0.2) is 51.7 Å². The van der Waals surface area contributed by atoms with Gasteiger partial charge in [0.05, 0.1) is 27.7 Å². The van der Waals surface area contributed by atoms with Crippen LogP contribution in [0, 0.1) is 20.2 Å². The summed E-state index contributed by atoms with van der Waals surface area (Å²) in [6, 6.07) is 6.18. The number of furan rings is 1. The van der Waals surface area contributed by atoms with Crippen LogP contribution in [0.1, 0.15) is 11.3 Å². The van der Waals surface area contributed by atoms with E-state index in [0.717, 1.165) is 24.3 Å². The first-order valence-electron chi connectivity index (χ1n) is 6.45. The fourth-order valence-corrected chi connectivity index (χ4v) is 1.99. The molecule has 0 amide bonds. The van der Waals surface area contributed by atoms with Gasteiger partial charge in [-0.15, -0.1) is 0 Å². The van der Waals surface area contributed by atoms with Crippen molar-refractivity contribution in [3.05, 3.63) is 73.8 Å². The van der Waals surface area contributed by atoms with E-state index in [1.165, 1.54) is 12.3 Å². The molecule has 1 aromatic carbocycles. The number of hydrogen-bond acceptors (Lipinski definition) is 8. The summed E-state index contributed by atoms with van der Waals surface area (Å²) in [4.78, 5) is 36.0. The normalized spacial score (nSPS) is 15.2. The summed E-state index contributed by atoms with van der Waals surface area (Å²) in [6.07, 6.45) is 2.49. The Morgan fingerprint density at radius 3 is 2.54 bits per heavy atom. The summed E-state index contributed by atoms with van der Waals surface area (Å²) in [5, 5.41) is 21.8. The minimum absolute atomic E-state index is 0.0120. The molecule has 1 aromatic heterocycles. The summed E-state index contributed by atoms with van der Waals surface area (Å²) in [5.74, 6) is -0.653. The molecule has 0 spiro atoms. The van der Waals surface area contributed by atoms with Gasteiger partial charge >= 0.3 is 5.97 Å². The molecule has 3 rings (SSSR count). The lowest BCUT2D eigenvalue weighted by atomic mass is 10.1. The van der Waals surface area contributed by atoms with Gasteiger partial charge in [0.15, 0.2) is 11.5 Å². The highest BCUT2D eigenvalue weighted by Gasteiger charge is 2.27. The molecule has 24 heavy (non-hydrogen) atoms. The van der Waals surface area contributed by atoms with E-state index in [1.807, 2.05) is 0 Å². The van der Waals surface area contributed by atoms with Gasteiger partial charge < -0.3 is 9.15 Å². The maximum Gasteiger partial charge on any atom is 0.363 e. The molecule has 2 aromatic rings. The Labute approximate surface area is 133 Å². The van der Waals surface area contributed by atoms with Crippen LogP contribution in [0.4, 0.5) is 11.4 Å². The van der Waals surface area contributed by atoms with Crippen LogP contribution in [0.2, 0.25) is 0 Å². The molecule has 10 nitrogen and oxygen atoms in total. The Balaban J connectivity index is 2.03. The molecule has 0 radical (unpaired) electrons. The SMILES string of the molecule is O=C1OC(c2ccco2)=N/C1=C/c1ccc([N+](=O)[O-])cc1[N+](=O)[O-]. The predicted octanol–water partition coefficient (Wildman–Crippen LogP) is 2.44. The van der Waals surface area contributed by atoms with Gasteiger partial charge in [-0.2, -0.15) is 0 Å². The van der Waals surface area contributed by atoms with E-state index in [4.69, 9.17) is 9.15 Å². The molecule has 0 aliphatic carbocycles. The Hall–Kier alpha value is -3.82. The summed E-state index contributed by atoms with van der Waals surface area (Å²) in [7, 11) is 0. The van der Waals surface area contributed by atoms with Crippen molar-refractivity contribution >= 4 is 29.3 Å². The van der Waals surface area contributed by atoms with Gasteiger partial charge in [-0.1, -0.05) is 0 Å². The number of ether oxygens (including phenoxy) is 1. The van der Waals surface area contributed by atoms with E-state index < -0.39 is 27.2 Å². The van der Waals surface area contributed by atoms with Crippen molar-refractivity contribution in [3.8, 4) is 0 Å². The zero-order chi connectivity index (χ0) is 17.3. The molecule has 1 aliphatic heterocycles. The number of carbonyl (C=O) groups excluding carboxylic acids is 1. The summed E-state index contributed by atoms with van der Waals surface area (Å²) in [5.41, 5.74) is -1.15. The van der Waals surface area contributed by atoms with E-state index in [1.54, 1.807) is 6.07 Å². The lowest BCUT2D eigenvalue weighted by Gasteiger charge is -1.98. The minimum Gasteiger partial charge on any atom is -0.459 e. The standard InChI is InChI=1S/C14H7N3O7/c18-14-10(15-13(24-14)12-2-1-5-23-12)6-8-3-4-9(16(19)20)7-11(8)17(21)22/h1-7H/b10-6+. The Kier molecular flexibility index (Phi) is 3.62. The monoisotopic (exact) mass is 329 g/mol. The minimum atomic E-state index is -0.811. The van der Waals surface area contributed by atoms with Crippen molar-refractivity contribution < 1.29 is 23.8 Å². The van der Waals surface area contributed by atoms with Crippen LogP contribution in [0.25, 0.3) is 6.08 Å². The van der Waals surface area contributed by atoms with Crippen LogP contribution < -0.4 is 0 Å². The first kappa shape index (κ1) is 15.1. The number of nitro groups is 2. The largest absolute Gasteiger partial charge is 0.459 e. The fraction of sp³-hybridized carbons (Fsp3) is 0. The van der Waals surface area contributed by atoms with Gasteiger partial charge in [-0.25, -0.2) is 9.79 Å². The first-order valence-corrected chi connectivity index (χ1v) is 6.45. The molecular weight excluding hydrogens is 322 g/mol. The average Bonchev–Trinajstić information content (AvgIpc) is 3.17. The number of nitrogens with zero attached hydrogens (tertiary/aromatic N) is 3. The Bertz CT molecular complexity index is 912. The van der Waals surface area contributed by atoms with E-state index in [2.05, 4.69) is 4.99 Å². The van der Waals surface area contributed by atoms with Gasteiger partial charge in [0.1, 0.15) is 0 Å². The molecule has 10 heteroatoms. The summed E-state index contributed by atoms with van der Waals surface area (Å²) in [6.45, 7) is 0. The number of non-ortho nitro benzene ring substituents is 1. The Morgan fingerprint density at radius 2 is 1.92 bits per heavy atom. The number of benzene rings is 1. The van der Waals surface area contributed by atoms with Crippen molar-refractivity contribution in [2.45, 2.75) is 0 Å². The molecule has 0 atom stereocenters. The zero-order valence-electron chi connectivity index (χ0n) is 11.7. The molecule has 0 unspecified atom stereocenters. The second-order valence-corrected chi connectivity index (χ2v) is 4.57. The Morgan fingerprint density at radius 1 is 1.12 bits per heavy atom. The molecule has 0 saturated heterocycles. The molecule has 0 fully saturated rings. The van der Waals surface area contributed by atoms with Gasteiger partial charge in [-0.3, -0.25) is 20.2 Å². The third-order valence-corrected chi connectivity index (χ3v) is 3.07. The third kappa shape index (κ3) is 2.75. The van der Waals surface area contributed by atoms with Gasteiger partial charge in [0, 0.05) is 6.07 Å². The predicted molar refractivity (Wildman–Crippen MR) is 79.1 cm³/mol. The molecule has 0 saturated carbocycles. The van der Waals surface area contributed by atoms with Crippen LogP contribution >= 0.6 is 0 Å². The second kappa shape index (κ2) is 5.76. The van der Waals surface area contributed by atoms with Crippen LogP contribution in [-0.4, -0.2) is 21.7 Å². The number of carbonyl (C=O) groups is 1. The third-order valence-electron chi connectivity index (χ3n) is 3.07. The van der Waals surface area contributed by atoms with Crippen molar-refractivity contribution in [3.63, 3.8) is 0 Å². The van der Waals surface area contributed by atoms with Crippen molar-refractivity contribution in [1.29, 1.82) is 0 Å². The smallest absolute Gasteiger partial charge is 0.363 e. The number of hydrogen-bond donors (Lipinski definition) is 0. The molecule has 0 bridgehead atoms. The molecule has 0 N–H and O–H groups in total. The van der Waals surface area contributed by atoms with Gasteiger partial charge in [0.25, 0.3) is 17.3 Å². The van der Waals surface area contributed by atoms with Gasteiger partial charge in [0.2, 0.25) is 0 Å². The lowest BCUT2D eigenvalue weighted by Crippen LogP contribution is -2.04. The maximum absolute atomic E-state index is 11.8. The molecule has 2 heterocycles. The quantitative estimate of drug-likeness (QED) is 0.363. The first-order chi connectivity index (χ1) is 11.5. The summed E-state index contributed by atoms with van der Waals surface area (Å²) >= 11 is 0. The van der Waals surface area contributed by atoms with E-state index in [-0.39, 0.29) is 22.9 Å². The average molecular weight is 329 g/mol. The van der Waals surface area contributed by atoms with Crippen molar-refractivity contribution in [1.82, 2.24) is 0 Å². The van der Waals surface area contributed by atoms with E-state index in [9.17, 15) is 25.0 Å². The molecule has 120 valence electrons. The summed E-state index contributed by atoms with van der Waals surface area (Å²) < 4.78 is 9.97. The zero-order valence-corrected chi connectivity index (χ0v) is 11.7. The lowest BCUT2D eigenvalue weighted by molar-refractivity contribution is -0.394. The van der Waals surface area contributed by atoms with Crippen molar-refractivity contribution in [2.75, 3.05) is 0 Å². The van der Waals surface area contributed by atoms with Crippen molar-refractivity contribution in [2.24, 2.45) is 4.99 Å². The number of nitro benzene ring substituents is 2. The molecular formula is C14H7N3O7. The number of esters is 1. The fourth-order valence-electron chi connectivity index (χ4n) is 1.99. The highest BCUT2D eigenvalue weighted by molar-refractivity contribution is 6.12. The second-order valence-electron chi connectivity index (χ2n) is 4.57. The van der Waals surface area contributed by atoms with E-state index in [0.29, 0.717) is 0 Å². The van der Waals surface area contributed by atoms with Crippen LogP contribution in [0.3, 0.4) is 0 Å².